The van der Waals surface area contributed by atoms with E-state index in [2.05, 4.69) is 128 Å². The second kappa shape index (κ2) is 8.81. The van der Waals surface area contributed by atoms with Gasteiger partial charge in [0, 0.05) is 38.8 Å². The van der Waals surface area contributed by atoms with Gasteiger partial charge < -0.3 is 4.74 Å². The summed E-state index contributed by atoms with van der Waals surface area (Å²) in [6.07, 6.45) is 2.17. The van der Waals surface area contributed by atoms with E-state index in [0.717, 1.165) is 61.4 Å². The zero-order valence-corrected chi connectivity index (χ0v) is 26.0. The fraction of sp³-hybridized carbons (Fsp3) is 0.297. The number of nitrogens with zero attached hydrogens (tertiary/aromatic N) is 4. The summed E-state index contributed by atoms with van der Waals surface area (Å²) in [7, 11) is 2.13. The lowest BCUT2D eigenvalue weighted by Crippen LogP contribution is -2.32. The molecular formula is C37H37N4O+. The van der Waals surface area contributed by atoms with Gasteiger partial charge in [-0.15, -0.1) is 0 Å². The maximum atomic E-state index is 6.85. The average Bonchev–Trinajstić information content (AvgIpc) is 2.95. The average molecular weight is 554 g/mol. The molecule has 0 bridgehead atoms. The fourth-order valence-electron chi connectivity index (χ4n) is 6.32. The molecule has 1 aliphatic rings. The van der Waals surface area contributed by atoms with Crippen LogP contribution in [0, 0.1) is 13.8 Å². The molecule has 0 spiro atoms. The number of ether oxygens (including phenoxy) is 1. The summed E-state index contributed by atoms with van der Waals surface area (Å²) in [5.41, 5.74) is 5.31. The van der Waals surface area contributed by atoms with E-state index in [9.17, 15) is 0 Å². The van der Waals surface area contributed by atoms with Crippen LogP contribution in [0.15, 0.2) is 60.8 Å². The number of aromatic nitrogens is 4. The molecule has 3 heterocycles. The maximum Gasteiger partial charge on any atom is 0.228 e. The Morgan fingerprint density at radius 1 is 0.690 bits per heavy atom. The number of aryl methyl sites for hydroxylation is 3. The van der Waals surface area contributed by atoms with Gasteiger partial charge in [0.15, 0.2) is 12.0 Å². The third kappa shape index (κ3) is 3.83. The van der Waals surface area contributed by atoms with Gasteiger partial charge in [0.05, 0.1) is 10.9 Å². The molecule has 2 aromatic heterocycles. The molecule has 42 heavy (non-hydrogen) atoms. The topological polar surface area (TPSA) is 51.8 Å². The molecule has 0 saturated carbocycles. The molecule has 0 N–H and O–H groups in total. The number of rotatable bonds is 1. The first kappa shape index (κ1) is 26.5. The number of benzene rings is 4. The van der Waals surface area contributed by atoms with Crippen molar-refractivity contribution in [3.05, 3.63) is 83.6 Å². The SMILES string of the molecule is Cc1c2c(c(C)c3ccccc13)-c1c3c(cc4cccc(-c5nc(C(C)(C)C)nc(C(C)(C)C)n5)c4c3cc[n+]1C)O2. The van der Waals surface area contributed by atoms with Gasteiger partial charge in [0.2, 0.25) is 5.69 Å². The lowest BCUT2D eigenvalue weighted by atomic mass is 9.87. The van der Waals surface area contributed by atoms with Crippen molar-refractivity contribution in [1.82, 2.24) is 15.0 Å². The molecule has 6 aromatic rings. The van der Waals surface area contributed by atoms with Crippen molar-refractivity contribution in [2.45, 2.75) is 66.2 Å². The van der Waals surface area contributed by atoms with Crippen LogP contribution in [0.2, 0.25) is 0 Å². The highest BCUT2D eigenvalue weighted by atomic mass is 16.5. The highest BCUT2D eigenvalue weighted by Crippen LogP contribution is 2.52. The van der Waals surface area contributed by atoms with Crippen LogP contribution >= 0.6 is 0 Å². The molecule has 1 aliphatic heterocycles. The predicted octanol–water partition coefficient (Wildman–Crippen LogP) is 8.81. The monoisotopic (exact) mass is 553 g/mol. The molecule has 7 rings (SSSR count). The lowest BCUT2D eigenvalue weighted by Gasteiger charge is -2.25. The Balaban J connectivity index is 1.60. The molecular weight excluding hydrogens is 516 g/mol. The van der Waals surface area contributed by atoms with Gasteiger partial charge in [-0.3, -0.25) is 0 Å². The summed E-state index contributed by atoms with van der Waals surface area (Å²) in [5, 5.41) is 6.97. The molecule has 0 saturated heterocycles. The van der Waals surface area contributed by atoms with Gasteiger partial charge in [-0.05, 0) is 41.6 Å². The van der Waals surface area contributed by atoms with Crippen LogP contribution in [0.4, 0.5) is 0 Å². The fourth-order valence-corrected chi connectivity index (χ4v) is 6.32. The van der Waals surface area contributed by atoms with E-state index in [4.69, 9.17) is 19.7 Å². The molecule has 4 aromatic carbocycles. The van der Waals surface area contributed by atoms with Crippen LogP contribution in [0.1, 0.15) is 64.3 Å². The normalized spacial score (nSPS) is 13.1. The van der Waals surface area contributed by atoms with Crippen molar-refractivity contribution < 1.29 is 9.30 Å². The Kier molecular flexibility index (Phi) is 5.56. The second-order valence-electron chi connectivity index (χ2n) is 13.8. The summed E-state index contributed by atoms with van der Waals surface area (Å²) in [6.45, 7) is 17.3. The van der Waals surface area contributed by atoms with Gasteiger partial charge in [-0.25, -0.2) is 19.5 Å². The molecule has 5 nitrogen and oxygen atoms in total. The van der Waals surface area contributed by atoms with E-state index in [-0.39, 0.29) is 10.8 Å². The number of pyridine rings is 1. The first-order valence-corrected chi connectivity index (χ1v) is 14.7. The number of fused-ring (bicyclic) bond motifs is 5. The molecule has 0 fully saturated rings. The molecule has 5 heteroatoms. The van der Waals surface area contributed by atoms with Crippen molar-refractivity contribution in [1.29, 1.82) is 0 Å². The number of hydrogen-bond acceptors (Lipinski definition) is 4. The van der Waals surface area contributed by atoms with Crippen LogP contribution in [0.25, 0.3) is 55.0 Å². The Hall–Kier alpha value is -4.38. The lowest BCUT2D eigenvalue weighted by molar-refractivity contribution is -0.659. The zero-order chi connectivity index (χ0) is 29.7. The van der Waals surface area contributed by atoms with Gasteiger partial charge in [0.1, 0.15) is 30.2 Å². The summed E-state index contributed by atoms with van der Waals surface area (Å²) >= 11 is 0. The van der Waals surface area contributed by atoms with Crippen LogP contribution < -0.4 is 9.30 Å². The van der Waals surface area contributed by atoms with Crippen molar-refractivity contribution in [2.24, 2.45) is 7.05 Å². The van der Waals surface area contributed by atoms with E-state index >= 15 is 0 Å². The maximum absolute atomic E-state index is 6.85. The minimum absolute atomic E-state index is 0.213. The van der Waals surface area contributed by atoms with Crippen molar-refractivity contribution in [2.75, 3.05) is 0 Å². The summed E-state index contributed by atoms with van der Waals surface area (Å²) in [4.78, 5) is 15.1. The van der Waals surface area contributed by atoms with E-state index in [0.29, 0.717) is 5.82 Å². The highest BCUT2D eigenvalue weighted by Gasteiger charge is 2.33. The molecule has 0 radical (unpaired) electrons. The standard InChI is InChI=1S/C37H37N4O/c1-20-23-14-10-11-15-24(23)21(2)32-28(20)31-30-25(17-18-41(31)9)29-22(19-27(30)42-32)13-12-16-26(29)33-38-34(36(3,4)5)40-35(39-33)37(6,7)8/h10-19H,1-9H3/q+1. The Bertz CT molecular complexity index is 2080. The zero-order valence-electron chi connectivity index (χ0n) is 26.0. The van der Waals surface area contributed by atoms with Gasteiger partial charge >= 0.3 is 0 Å². The van der Waals surface area contributed by atoms with Crippen molar-refractivity contribution >= 4 is 32.3 Å². The van der Waals surface area contributed by atoms with Gasteiger partial charge in [-0.1, -0.05) is 84.0 Å². The molecule has 0 aliphatic carbocycles. The second-order valence-corrected chi connectivity index (χ2v) is 13.8. The molecule has 210 valence electrons. The third-order valence-electron chi connectivity index (χ3n) is 8.57. The Morgan fingerprint density at radius 2 is 1.33 bits per heavy atom. The summed E-state index contributed by atoms with van der Waals surface area (Å²) in [6, 6.07) is 19.4. The highest BCUT2D eigenvalue weighted by molar-refractivity contribution is 6.19. The smallest absolute Gasteiger partial charge is 0.228 e. The molecule has 0 atom stereocenters. The van der Waals surface area contributed by atoms with Gasteiger partial charge in [0.25, 0.3) is 0 Å². The van der Waals surface area contributed by atoms with Crippen LogP contribution in [0.5, 0.6) is 11.5 Å². The summed E-state index contributed by atoms with van der Waals surface area (Å²) in [5.74, 6) is 4.15. The first-order valence-electron chi connectivity index (χ1n) is 14.7. The molecule has 0 amide bonds. The third-order valence-corrected chi connectivity index (χ3v) is 8.57. The van der Waals surface area contributed by atoms with E-state index in [1.165, 1.54) is 22.0 Å². The van der Waals surface area contributed by atoms with Crippen LogP contribution in [-0.2, 0) is 17.9 Å². The summed E-state index contributed by atoms with van der Waals surface area (Å²) < 4.78 is 9.09. The predicted molar refractivity (Wildman–Crippen MR) is 171 cm³/mol. The number of hydrogen-bond donors (Lipinski definition) is 0. The Labute approximate surface area is 247 Å². The molecule has 0 unspecified atom stereocenters. The minimum Gasteiger partial charge on any atom is -0.455 e. The quantitative estimate of drug-likeness (QED) is 0.151. The van der Waals surface area contributed by atoms with Crippen molar-refractivity contribution in [3.8, 4) is 34.1 Å². The largest absolute Gasteiger partial charge is 0.455 e. The van der Waals surface area contributed by atoms with E-state index < -0.39 is 0 Å². The minimum atomic E-state index is -0.213. The van der Waals surface area contributed by atoms with Gasteiger partial charge in [-0.2, -0.15) is 0 Å². The van der Waals surface area contributed by atoms with Crippen LogP contribution in [-0.4, -0.2) is 15.0 Å². The first-order chi connectivity index (χ1) is 19.8. The van der Waals surface area contributed by atoms with E-state index in [1.54, 1.807) is 0 Å². The van der Waals surface area contributed by atoms with Crippen LogP contribution in [0.3, 0.4) is 0 Å². The van der Waals surface area contributed by atoms with Crippen molar-refractivity contribution in [3.63, 3.8) is 0 Å². The van der Waals surface area contributed by atoms with E-state index in [1.807, 2.05) is 0 Å². The Morgan fingerprint density at radius 3 is 1.98 bits per heavy atom.